The Hall–Kier alpha value is -1.26. The minimum absolute atomic E-state index is 0. The maximum absolute atomic E-state index is 12.0. The third-order valence-corrected chi connectivity index (χ3v) is 3.49. The molecule has 0 saturated carbocycles. The molecule has 4 nitrogen and oxygen atoms in total. The van der Waals surface area contributed by atoms with Crippen LogP contribution in [0.5, 0.6) is 5.75 Å². The smallest absolute Gasteiger partial charge is 0.224 e. The third kappa shape index (κ3) is 7.34. The molecule has 0 bridgehead atoms. The molecule has 1 atom stereocenters. The Labute approximate surface area is 133 Å². The first-order chi connectivity index (χ1) is 9.32. The summed E-state index contributed by atoms with van der Waals surface area (Å²) in [5.74, 6) is 1.13. The number of ether oxygens (including phenoxy) is 1. The predicted octanol–water partition coefficient (Wildman–Crippen LogP) is 3.46. The van der Waals surface area contributed by atoms with Crippen LogP contribution in [0.3, 0.4) is 0 Å². The van der Waals surface area contributed by atoms with E-state index in [9.17, 15) is 4.79 Å². The van der Waals surface area contributed by atoms with Crippen LogP contribution in [0.4, 0.5) is 5.69 Å². The van der Waals surface area contributed by atoms with E-state index in [2.05, 4.69) is 33.0 Å². The Balaban J connectivity index is 0.00000400. The van der Waals surface area contributed by atoms with Gasteiger partial charge in [0.25, 0.3) is 0 Å². The zero-order chi connectivity index (χ0) is 15.2. The Morgan fingerprint density at radius 3 is 2.33 bits per heavy atom. The zero-order valence-corrected chi connectivity index (χ0v) is 14.1. The lowest BCUT2D eigenvalue weighted by Crippen LogP contribution is -2.23. The maximum atomic E-state index is 12.0. The molecule has 1 aromatic rings. The number of anilines is 1. The summed E-state index contributed by atoms with van der Waals surface area (Å²) in [5, 5.41) is 2.91. The second kappa shape index (κ2) is 8.90. The molecule has 0 aliphatic rings. The molecule has 0 aliphatic heterocycles. The van der Waals surface area contributed by atoms with Gasteiger partial charge in [-0.2, -0.15) is 0 Å². The summed E-state index contributed by atoms with van der Waals surface area (Å²) in [5.41, 5.74) is 6.30. The van der Waals surface area contributed by atoms with Crippen molar-refractivity contribution < 1.29 is 9.53 Å². The SMILES string of the molecule is CC(CC(=O)Nc1ccc(OCCN)cc1)C(C)(C)C.Cl. The number of carbonyl (C=O) groups is 1. The van der Waals surface area contributed by atoms with Gasteiger partial charge in [-0.3, -0.25) is 4.79 Å². The molecule has 0 aromatic heterocycles. The number of nitrogens with one attached hydrogen (secondary N) is 1. The standard InChI is InChI=1S/C16H26N2O2.ClH/c1-12(16(2,3)4)11-15(19)18-13-5-7-14(8-6-13)20-10-9-17;/h5-8,12H,9-11,17H2,1-4H3,(H,18,19);1H. The summed E-state index contributed by atoms with van der Waals surface area (Å²) in [4.78, 5) is 12.0. The highest BCUT2D eigenvalue weighted by Crippen LogP contribution is 2.28. The molecule has 1 rings (SSSR count). The van der Waals surface area contributed by atoms with E-state index in [0.717, 1.165) is 11.4 Å². The van der Waals surface area contributed by atoms with Gasteiger partial charge in [0.05, 0.1) is 0 Å². The molecule has 0 aliphatic carbocycles. The molecule has 21 heavy (non-hydrogen) atoms. The quantitative estimate of drug-likeness (QED) is 0.845. The van der Waals surface area contributed by atoms with Crippen LogP contribution in [0.2, 0.25) is 0 Å². The molecule has 1 unspecified atom stereocenters. The molecular weight excluding hydrogens is 288 g/mol. The molecule has 0 radical (unpaired) electrons. The lowest BCUT2D eigenvalue weighted by atomic mass is 9.80. The molecule has 120 valence electrons. The fraction of sp³-hybridized carbons (Fsp3) is 0.562. The Morgan fingerprint density at radius 1 is 1.29 bits per heavy atom. The Bertz CT molecular complexity index is 427. The van der Waals surface area contributed by atoms with E-state index in [0.29, 0.717) is 25.5 Å². The van der Waals surface area contributed by atoms with E-state index < -0.39 is 0 Å². The van der Waals surface area contributed by atoms with E-state index in [1.165, 1.54) is 0 Å². The largest absolute Gasteiger partial charge is 0.492 e. The van der Waals surface area contributed by atoms with Crippen molar-refractivity contribution in [3.63, 3.8) is 0 Å². The number of benzene rings is 1. The van der Waals surface area contributed by atoms with E-state index in [1.807, 2.05) is 24.3 Å². The monoisotopic (exact) mass is 314 g/mol. The summed E-state index contributed by atoms with van der Waals surface area (Å²) in [6, 6.07) is 7.34. The summed E-state index contributed by atoms with van der Waals surface area (Å²) in [7, 11) is 0. The summed E-state index contributed by atoms with van der Waals surface area (Å²) in [6.07, 6.45) is 0.523. The van der Waals surface area contributed by atoms with Gasteiger partial charge in [-0.15, -0.1) is 12.4 Å². The highest BCUT2D eigenvalue weighted by atomic mass is 35.5. The minimum atomic E-state index is 0. The Morgan fingerprint density at radius 2 is 1.86 bits per heavy atom. The van der Waals surface area contributed by atoms with Gasteiger partial charge in [-0.1, -0.05) is 27.7 Å². The molecule has 1 amide bonds. The first-order valence-electron chi connectivity index (χ1n) is 7.05. The lowest BCUT2D eigenvalue weighted by Gasteiger charge is -2.26. The molecule has 3 N–H and O–H groups in total. The van der Waals surface area contributed by atoms with Crippen molar-refractivity contribution in [2.24, 2.45) is 17.1 Å². The van der Waals surface area contributed by atoms with Gasteiger partial charge in [0, 0.05) is 18.7 Å². The molecule has 1 aromatic carbocycles. The number of nitrogens with two attached hydrogens (primary N) is 1. The van der Waals surface area contributed by atoms with Crippen LogP contribution < -0.4 is 15.8 Å². The van der Waals surface area contributed by atoms with Crippen molar-refractivity contribution >= 4 is 24.0 Å². The van der Waals surface area contributed by atoms with Crippen molar-refractivity contribution in [2.45, 2.75) is 34.1 Å². The fourth-order valence-corrected chi connectivity index (χ4v) is 1.61. The highest BCUT2D eigenvalue weighted by Gasteiger charge is 2.22. The van der Waals surface area contributed by atoms with Gasteiger partial charge in [0.2, 0.25) is 5.91 Å². The number of hydrogen-bond acceptors (Lipinski definition) is 3. The van der Waals surface area contributed by atoms with Crippen molar-refractivity contribution in [1.29, 1.82) is 0 Å². The van der Waals surface area contributed by atoms with Crippen LogP contribution in [0.1, 0.15) is 34.1 Å². The van der Waals surface area contributed by atoms with E-state index in [4.69, 9.17) is 10.5 Å². The van der Waals surface area contributed by atoms with Gasteiger partial charge < -0.3 is 15.8 Å². The average molecular weight is 315 g/mol. The van der Waals surface area contributed by atoms with Crippen LogP contribution in [0, 0.1) is 11.3 Å². The van der Waals surface area contributed by atoms with Crippen molar-refractivity contribution in [3.05, 3.63) is 24.3 Å². The lowest BCUT2D eigenvalue weighted by molar-refractivity contribution is -0.117. The molecule has 0 heterocycles. The summed E-state index contributed by atoms with van der Waals surface area (Å²) >= 11 is 0. The van der Waals surface area contributed by atoms with Crippen LogP contribution in [-0.4, -0.2) is 19.1 Å². The number of rotatable bonds is 6. The van der Waals surface area contributed by atoms with Gasteiger partial charge in [-0.25, -0.2) is 0 Å². The molecule has 0 spiro atoms. The second-order valence-electron chi connectivity index (χ2n) is 6.18. The second-order valence-corrected chi connectivity index (χ2v) is 6.18. The van der Waals surface area contributed by atoms with Crippen LogP contribution in [-0.2, 0) is 4.79 Å². The van der Waals surface area contributed by atoms with Crippen molar-refractivity contribution in [2.75, 3.05) is 18.5 Å². The number of hydrogen-bond donors (Lipinski definition) is 2. The number of halogens is 1. The normalized spacial score (nSPS) is 12.2. The first kappa shape index (κ1) is 19.7. The maximum Gasteiger partial charge on any atom is 0.224 e. The van der Waals surface area contributed by atoms with Crippen LogP contribution in [0.15, 0.2) is 24.3 Å². The molecular formula is C16H27ClN2O2. The van der Waals surface area contributed by atoms with E-state index in [1.54, 1.807) is 0 Å². The first-order valence-corrected chi connectivity index (χ1v) is 7.05. The number of amides is 1. The topological polar surface area (TPSA) is 64.3 Å². The van der Waals surface area contributed by atoms with Crippen LogP contribution >= 0.6 is 12.4 Å². The minimum Gasteiger partial charge on any atom is -0.492 e. The molecule has 0 saturated heterocycles. The van der Waals surface area contributed by atoms with Crippen LogP contribution in [0.25, 0.3) is 0 Å². The molecule has 5 heteroatoms. The van der Waals surface area contributed by atoms with Gasteiger partial charge in [0.1, 0.15) is 12.4 Å². The van der Waals surface area contributed by atoms with Gasteiger partial charge >= 0.3 is 0 Å². The van der Waals surface area contributed by atoms with Crippen molar-refractivity contribution in [1.82, 2.24) is 0 Å². The summed E-state index contributed by atoms with van der Waals surface area (Å²) in [6.45, 7) is 9.53. The average Bonchev–Trinajstić information content (AvgIpc) is 2.36. The number of carbonyl (C=O) groups excluding carboxylic acids is 1. The molecule has 0 fully saturated rings. The third-order valence-electron chi connectivity index (χ3n) is 3.49. The van der Waals surface area contributed by atoms with E-state index >= 15 is 0 Å². The van der Waals surface area contributed by atoms with Crippen molar-refractivity contribution in [3.8, 4) is 5.75 Å². The predicted molar refractivity (Wildman–Crippen MR) is 90.1 cm³/mol. The zero-order valence-electron chi connectivity index (χ0n) is 13.3. The Kier molecular flexibility index (Phi) is 8.37. The highest BCUT2D eigenvalue weighted by molar-refractivity contribution is 5.90. The summed E-state index contributed by atoms with van der Waals surface area (Å²) < 4.78 is 5.39. The fourth-order valence-electron chi connectivity index (χ4n) is 1.61. The van der Waals surface area contributed by atoms with Gasteiger partial charge in [0.15, 0.2) is 0 Å². The van der Waals surface area contributed by atoms with E-state index in [-0.39, 0.29) is 23.7 Å². The van der Waals surface area contributed by atoms with Gasteiger partial charge in [-0.05, 0) is 35.6 Å².